The maximum absolute atomic E-state index is 12.7. The number of rotatable bonds is 3. The molecule has 0 N–H and O–H groups in total. The summed E-state index contributed by atoms with van der Waals surface area (Å²) in [6, 6.07) is 5.75. The van der Waals surface area contributed by atoms with Crippen molar-refractivity contribution in [3.63, 3.8) is 0 Å². The van der Waals surface area contributed by atoms with Crippen LogP contribution >= 0.6 is 0 Å². The molecule has 0 radical (unpaired) electrons. The zero-order chi connectivity index (χ0) is 17.7. The Kier molecular flexibility index (Phi) is 3.46. The lowest BCUT2D eigenvalue weighted by molar-refractivity contribution is -0.117. The van der Waals surface area contributed by atoms with E-state index in [9.17, 15) is 4.79 Å². The molecule has 1 aromatic heterocycles. The molecule has 2 aromatic rings. The van der Waals surface area contributed by atoms with Crippen LogP contribution in [0.3, 0.4) is 0 Å². The molecule has 1 atom stereocenters. The number of amides is 1. The van der Waals surface area contributed by atoms with Gasteiger partial charge in [-0.2, -0.15) is 0 Å². The number of anilines is 1. The number of fused-ring (bicyclic) bond motifs is 1. The second-order valence-electron chi connectivity index (χ2n) is 7.61. The molecular weight excluding hydrogens is 332 g/mol. The van der Waals surface area contributed by atoms with Crippen LogP contribution in [0.15, 0.2) is 30.6 Å². The van der Waals surface area contributed by atoms with Crippen LogP contribution in [0.2, 0.25) is 0 Å². The van der Waals surface area contributed by atoms with Crippen LogP contribution < -0.4 is 14.4 Å². The Balaban J connectivity index is 1.31. The molecule has 4 heterocycles. The number of hydrogen-bond acceptors (Lipinski definition) is 5. The number of aryl methyl sites for hydroxylation is 1. The van der Waals surface area contributed by atoms with Gasteiger partial charge in [-0.05, 0) is 25.1 Å². The number of aromatic nitrogens is 2. The molecular formula is C19H22N4O3. The van der Waals surface area contributed by atoms with Crippen molar-refractivity contribution < 1.29 is 14.3 Å². The number of carbonyl (C=O) groups excluding carboxylic acids is 1. The van der Waals surface area contributed by atoms with Gasteiger partial charge in [0.25, 0.3) is 0 Å². The van der Waals surface area contributed by atoms with Crippen molar-refractivity contribution in [2.24, 2.45) is 12.5 Å². The maximum Gasteiger partial charge on any atom is 0.231 e. The monoisotopic (exact) mass is 354 g/mol. The van der Waals surface area contributed by atoms with E-state index in [2.05, 4.69) is 14.5 Å². The van der Waals surface area contributed by atoms with Crippen LogP contribution in [-0.4, -0.2) is 46.8 Å². The predicted octanol–water partition coefficient (Wildman–Crippen LogP) is 1.78. The first-order valence-electron chi connectivity index (χ1n) is 9.01. The molecule has 5 rings (SSSR count). The lowest BCUT2D eigenvalue weighted by Crippen LogP contribution is -2.31. The maximum atomic E-state index is 12.7. The Hall–Kier alpha value is -2.54. The standard InChI is InChI=1S/C19H22N4O3/c1-21-7-5-20-17(21)10-22-6-4-19(11-22)9-18(24)23(12-19)14-2-3-15-16(8-14)26-13-25-15/h2-3,5,7-8H,4,6,9-13H2,1H3/t19-/m0/s1. The number of hydrogen-bond donors (Lipinski definition) is 0. The minimum absolute atomic E-state index is 0.0403. The summed E-state index contributed by atoms with van der Waals surface area (Å²) in [7, 11) is 2.02. The summed E-state index contributed by atoms with van der Waals surface area (Å²) >= 11 is 0. The van der Waals surface area contributed by atoms with E-state index in [-0.39, 0.29) is 18.1 Å². The van der Waals surface area contributed by atoms with E-state index in [4.69, 9.17) is 9.47 Å². The van der Waals surface area contributed by atoms with Gasteiger partial charge in [0.1, 0.15) is 5.82 Å². The third kappa shape index (κ3) is 2.54. The van der Waals surface area contributed by atoms with Gasteiger partial charge in [-0.15, -0.1) is 0 Å². The first kappa shape index (κ1) is 15.7. The molecule has 7 nitrogen and oxygen atoms in total. The summed E-state index contributed by atoms with van der Waals surface area (Å²) < 4.78 is 12.9. The van der Waals surface area contributed by atoms with Crippen molar-refractivity contribution >= 4 is 11.6 Å². The average molecular weight is 354 g/mol. The van der Waals surface area contributed by atoms with Gasteiger partial charge in [-0.1, -0.05) is 0 Å². The molecule has 136 valence electrons. The molecule has 26 heavy (non-hydrogen) atoms. The highest BCUT2D eigenvalue weighted by molar-refractivity contribution is 5.96. The molecule has 1 amide bonds. The van der Waals surface area contributed by atoms with Crippen molar-refractivity contribution in [1.82, 2.24) is 14.5 Å². The Bertz CT molecular complexity index is 864. The van der Waals surface area contributed by atoms with Crippen molar-refractivity contribution in [3.05, 3.63) is 36.4 Å². The highest BCUT2D eigenvalue weighted by Gasteiger charge is 2.48. The highest BCUT2D eigenvalue weighted by atomic mass is 16.7. The predicted molar refractivity (Wildman–Crippen MR) is 95.1 cm³/mol. The lowest BCUT2D eigenvalue weighted by Gasteiger charge is -2.24. The molecule has 1 spiro atoms. The number of likely N-dealkylation sites (tertiary alicyclic amines) is 1. The smallest absolute Gasteiger partial charge is 0.231 e. The largest absolute Gasteiger partial charge is 0.454 e. The summed E-state index contributed by atoms with van der Waals surface area (Å²) in [5.41, 5.74) is 0.942. The highest BCUT2D eigenvalue weighted by Crippen LogP contribution is 2.44. The van der Waals surface area contributed by atoms with E-state index in [1.54, 1.807) is 0 Å². The normalized spacial score (nSPS) is 25.0. The topological polar surface area (TPSA) is 59.8 Å². The quantitative estimate of drug-likeness (QED) is 0.841. The van der Waals surface area contributed by atoms with Crippen LogP contribution in [0, 0.1) is 5.41 Å². The van der Waals surface area contributed by atoms with E-state index in [1.807, 2.05) is 42.5 Å². The summed E-state index contributed by atoms with van der Waals surface area (Å²) in [6.07, 6.45) is 5.46. The third-order valence-electron chi connectivity index (χ3n) is 5.79. The summed E-state index contributed by atoms with van der Waals surface area (Å²) in [5.74, 6) is 2.73. The second kappa shape index (κ2) is 5.74. The SMILES string of the molecule is Cn1ccnc1CN1CC[C@]2(CC(=O)N(c3ccc4c(c3)OCO4)C2)C1. The van der Waals surface area contributed by atoms with Crippen molar-refractivity contribution in [2.45, 2.75) is 19.4 Å². The lowest BCUT2D eigenvalue weighted by atomic mass is 9.86. The fourth-order valence-electron chi connectivity index (χ4n) is 4.37. The van der Waals surface area contributed by atoms with E-state index < -0.39 is 0 Å². The molecule has 2 fully saturated rings. The first-order chi connectivity index (χ1) is 12.6. The molecule has 2 saturated heterocycles. The number of imidazole rings is 1. The molecule has 7 heteroatoms. The van der Waals surface area contributed by atoms with Gasteiger partial charge in [0.15, 0.2) is 11.5 Å². The molecule has 3 aliphatic heterocycles. The Morgan fingerprint density at radius 1 is 1.23 bits per heavy atom. The Morgan fingerprint density at radius 2 is 2.12 bits per heavy atom. The van der Waals surface area contributed by atoms with Crippen LogP contribution in [-0.2, 0) is 18.4 Å². The molecule has 0 bridgehead atoms. The Labute approximate surface area is 152 Å². The van der Waals surface area contributed by atoms with Crippen LogP contribution in [0.5, 0.6) is 11.5 Å². The number of nitrogens with zero attached hydrogens (tertiary/aromatic N) is 4. The molecule has 1 aromatic carbocycles. The van der Waals surface area contributed by atoms with Gasteiger partial charge in [0.2, 0.25) is 12.7 Å². The van der Waals surface area contributed by atoms with Gasteiger partial charge in [-0.25, -0.2) is 4.98 Å². The van der Waals surface area contributed by atoms with Gasteiger partial charge < -0.3 is 18.9 Å². The van der Waals surface area contributed by atoms with E-state index in [0.29, 0.717) is 6.42 Å². The minimum Gasteiger partial charge on any atom is -0.454 e. The van der Waals surface area contributed by atoms with Gasteiger partial charge in [0.05, 0.1) is 6.54 Å². The van der Waals surface area contributed by atoms with Gasteiger partial charge in [-0.3, -0.25) is 9.69 Å². The molecule has 0 saturated carbocycles. The van der Waals surface area contributed by atoms with E-state index in [1.165, 1.54) is 0 Å². The first-order valence-corrected chi connectivity index (χ1v) is 9.01. The fraction of sp³-hybridized carbons (Fsp3) is 0.474. The van der Waals surface area contributed by atoms with Crippen LogP contribution in [0.25, 0.3) is 0 Å². The van der Waals surface area contributed by atoms with Crippen LogP contribution in [0.4, 0.5) is 5.69 Å². The molecule has 0 aliphatic carbocycles. The zero-order valence-electron chi connectivity index (χ0n) is 14.9. The van der Waals surface area contributed by atoms with Gasteiger partial charge >= 0.3 is 0 Å². The average Bonchev–Trinajstić information content (AvgIpc) is 3.38. The summed E-state index contributed by atoms with van der Waals surface area (Å²) in [6.45, 7) is 3.80. The second-order valence-corrected chi connectivity index (χ2v) is 7.61. The van der Waals surface area contributed by atoms with Crippen LogP contribution in [0.1, 0.15) is 18.7 Å². The van der Waals surface area contributed by atoms with Gasteiger partial charge in [0, 0.05) is 56.1 Å². The zero-order valence-corrected chi connectivity index (χ0v) is 14.9. The van der Waals surface area contributed by atoms with Crippen molar-refractivity contribution in [3.8, 4) is 11.5 Å². The van der Waals surface area contributed by atoms with E-state index in [0.717, 1.165) is 55.6 Å². The summed E-state index contributed by atoms with van der Waals surface area (Å²) in [5, 5.41) is 0. The van der Waals surface area contributed by atoms with Crippen molar-refractivity contribution in [2.75, 3.05) is 31.3 Å². The Morgan fingerprint density at radius 3 is 2.96 bits per heavy atom. The minimum atomic E-state index is 0.0403. The number of benzene rings is 1. The fourth-order valence-corrected chi connectivity index (χ4v) is 4.37. The summed E-state index contributed by atoms with van der Waals surface area (Å²) in [4.78, 5) is 21.5. The number of ether oxygens (including phenoxy) is 2. The van der Waals surface area contributed by atoms with Crippen molar-refractivity contribution in [1.29, 1.82) is 0 Å². The number of carbonyl (C=O) groups is 1. The molecule has 0 unspecified atom stereocenters. The molecule has 3 aliphatic rings. The third-order valence-corrected chi connectivity index (χ3v) is 5.79. The van der Waals surface area contributed by atoms with E-state index >= 15 is 0 Å².